The van der Waals surface area contributed by atoms with E-state index in [9.17, 15) is 0 Å². The molecule has 0 aromatic rings. The Labute approximate surface area is 75.4 Å². The van der Waals surface area contributed by atoms with Crippen molar-refractivity contribution in [3.8, 4) is 0 Å². The molecule has 0 radical (unpaired) electrons. The first-order chi connectivity index (χ1) is 5.79. The van der Waals surface area contributed by atoms with Crippen LogP contribution in [0.2, 0.25) is 0 Å². The van der Waals surface area contributed by atoms with Crippen LogP contribution in [0.4, 0.5) is 0 Å². The Morgan fingerprint density at radius 1 is 1.33 bits per heavy atom. The van der Waals surface area contributed by atoms with Gasteiger partial charge in [0.25, 0.3) is 0 Å². The number of likely N-dealkylation sites (N-methyl/N-ethyl adjacent to an activating group) is 1. The van der Waals surface area contributed by atoms with Gasteiger partial charge in [0.1, 0.15) is 0 Å². The Balaban J connectivity index is 3.84. The van der Waals surface area contributed by atoms with Crippen molar-refractivity contribution in [1.82, 2.24) is 5.32 Å². The molecule has 0 rings (SSSR count). The van der Waals surface area contributed by atoms with Gasteiger partial charge in [-0.15, -0.1) is 0 Å². The molecular formula is C9H21NO2. The van der Waals surface area contributed by atoms with Crippen LogP contribution in [0.1, 0.15) is 19.8 Å². The van der Waals surface area contributed by atoms with Crippen molar-refractivity contribution in [3.05, 3.63) is 0 Å². The lowest BCUT2D eigenvalue weighted by Gasteiger charge is -2.24. The summed E-state index contributed by atoms with van der Waals surface area (Å²) < 4.78 is 10.4. The van der Waals surface area contributed by atoms with E-state index in [1.807, 2.05) is 7.05 Å². The van der Waals surface area contributed by atoms with Crippen molar-refractivity contribution in [2.45, 2.75) is 31.9 Å². The van der Waals surface area contributed by atoms with Crippen molar-refractivity contribution < 1.29 is 9.47 Å². The second-order valence-corrected chi connectivity index (χ2v) is 2.91. The monoisotopic (exact) mass is 175 g/mol. The summed E-state index contributed by atoms with van der Waals surface area (Å²) in [6.45, 7) is 2.86. The van der Waals surface area contributed by atoms with Gasteiger partial charge in [-0.3, -0.25) is 0 Å². The second kappa shape index (κ2) is 7.53. The van der Waals surface area contributed by atoms with Crippen molar-refractivity contribution >= 4 is 0 Å². The number of hydrogen-bond acceptors (Lipinski definition) is 3. The second-order valence-electron chi connectivity index (χ2n) is 2.91. The van der Waals surface area contributed by atoms with Crippen LogP contribution in [0.15, 0.2) is 0 Å². The molecule has 2 unspecified atom stereocenters. The van der Waals surface area contributed by atoms with Gasteiger partial charge in [0.05, 0.1) is 18.8 Å². The van der Waals surface area contributed by atoms with Crippen LogP contribution in [0.3, 0.4) is 0 Å². The summed E-state index contributed by atoms with van der Waals surface area (Å²) in [4.78, 5) is 0. The third-order valence-electron chi connectivity index (χ3n) is 2.04. The molecule has 0 bridgehead atoms. The van der Waals surface area contributed by atoms with E-state index in [4.69, 9.17) is 9.47 Å². The van der Waals surface area contributed by atoms with Gasteiger partial charge in [-0.05, 0) is 13.5 Å². The molecule has 0 aliphatic heterocycles. The highest BCUT2D eigenvalue weighted by Crippen LogP contribution is 2.06. The minimum absolute atomic E-state index is 0.264. The van der Waals surface area contributed by atoms with Crippen molar-refractivity contribution in [3.63, 3.8) is 0 Å². The van der Waals surface area contributed by atoms with Gasteiger partial charge in [-0.25, -0.2) is 0 Å². The lowest BCUT2D eigenvalue weighted by atomic mass is 10.1. The molecule has 0 fully saturated rings. The standard InChI is InChI=1S/C9H21NO2/c1-5-6-9(12-4)8(10-2)7-11-3/h8-10H,5-7H2,1-4H3. The van der Waals surface area contributed by atoms with Crippen molar-refractivity contribution in [1.29, 1.82) is 0 Å². The predicted octanol–water partition coefficient (Wildman–Crippen LogP) is 1.04. The topological polar surface area (TPSA) is 30.5 Å². The molecule has 0 saturated carbocycles. The number of nitrogens with one attached hydrogen (secondary N) is 1. The fourth-order valence-electron chi connectivity index (χ4n) is 1.32. The summed E-state index contributed by atoms with van der Waals surface area (Å²) in [6.07, 6.45) is 2.48. The van der Waals surface area contributed by atoms with Gasteiger partial charge < -0.3 is 14.8 Å². The Morgan fingerprint density at radius 2 is 2.00 bits per heavy atom. The Hall–Kier alpha value is -0.120. The van der Waals surface area contributed by atoms with Crippen LogP contribution in [-0.4, -0.2) is 40.0 Å². The maximum absolute atomic E-state index is 5.35. The molecule has 74 valence electrons. The average molecular weight is 175 g/mol. The zero-order chi connectivity index (χ0) is 9.40. The summed E-state index contributed by atoms with van der Waals surface area (Å²) in [5, 5.41) is 3.19. The minimum Gasteiger partial charge on any atom is -0.383 e. The summed E-state index contributed by atoms with van der Waals surface area (Å²) in [7, 11) is 5.40. The molecule has 0 aliphatic carbocycles. The Bertz CT molecular complexity index is 86.5. The highest BCUT2D eigenvalue weighted by molar-refractivity contribution is 4.74. The van der Waals surface area contributed by atoms with E-state index in [0.717, 1.165) is 12.8 Å². The highest BCUT2D eigenvalue weighted by Gasteiger charge is 2.17. The molecule has 3 heteroatoms. The molecule has 0 spiro atoms. The first kappa shape index (κ1) is 11.9. The van der Waals surface area contributed by atoms with E-state index >= 15 is 0 Å². The minimum atomic E-state index is 0.264. The van der Waals surface area contributed by atoms with Gasteiger partial charge in [-0.1, -0.05) is 13.3 Å². The van der Waals surface area contributed by atoms with Crippen LogP contribution in [0, 0.1) is 0 Å². The van der Waals surface area contributed by atoms with Crippen molar-refractivity contribution in [2.75, 3.05) is 27.9 Å². The maximum atomic E-state index is 5.35. The molecule has 3 nitrogen and oxygen atoms in total. The first-order valence-electron chi connectivity index (χ1n) is 4.49. The fourth-order valence-corrected chi connectivity index (χ4v) is 1.32. The van der Waals surface area contributed by atoms with Gasteiger partial charge >= 0.3 is 0 Å². The summed E-state index contributed by atoms with van der Waals surface area (Å²) >= 11 is 0. The summed E-state index contributed by atoms with van der Waals surface area (Å²) in [5.74, 6) is 0. The quantitative estimate of drug-likeness (QED) is 0.627. The average Bonchev–Trinajstić information content (AvgIpc) is 2.11. The molecule has 12 heavy (non-hydrogen) atoms. The predicted molar refractivity (Wildman–Crippen MR) is 50.4 cm³/mol. The number of methoxy groups -OCH3 is 2. The molecule has 0 heterocycles. The van der Waals surface area contributed by atoms with E-state index in [-0.39, 0.29) is 6.10 Å². The third kappa shape index (κ3) is 4.04. The SMILES string of the molecule is CCCC(OC)C(COC)NC. The fraction of sp³-hybridized carbons (Fsp3) is 1.00. The van der Waals surface area contributed by atoms with Gasteiger partial charge in [0, 0.05) is 14.2 Å². The summed E-state index contributed by atoms with van der Waals surface area (Å²) in [5.41, 5.74) is 0. The molecule has 0 aliphatic rings. The first-order valence-corrected chi connectivity index (χ1v) is 4.49. The van der Waals surface area contributed by atoms with Gasteiger partial charge in [0.15, 0.2) is 0 Å². The van der Waals surface area contributed by atoms with Crippen molar-refractivity contribution in [2.24, 2.45) is 0 Å². The Morgan fingerprint density at radius 3 is 2.33 bits per heavy atom. The lowest BCUT2D eigenvalue weighted by molar-refractivity contribution is 0.0316. The molecule has 0 aromatic heterocycles. The molecule has 0 aromatic carbocycles. The number of hydrogen-bond donors (Lipinski definition) is 1. The zero-order valence-corrected chi connectivity index (χ0v) is 8.59. The van der Waals surface area contributed by atoms with Crippen LogP contribution < -0.4 is 5.32 Å². The maximum Gasteiger partial charge on any atom is 0.0746 e. The van der Waals surface area contributed by atoms with Crippen LogP contribution in [0.25, 0.3) is 0 Å². The number of rotatable bonds is 7. The molecule has 0 saturated heterocycles. The highest BCUT2D eigenvalue weighted by atomic mass is 16.5. The van der Waals surface area contributed by atoms with E-state index in [2.05, 4.69) is 12.2 Å². The Kier molecular flexibility index (Phi) is 7.45. The lowest BCUT2D eigenvalue weighted by Crippen LogP contribution is -2.42. The van der Waals surface area contributed by atoms with E-state index in [0.29, 0.717) is 12.6 Å². The largest absolute Gasteiger partial charge is 0.383 e. The van der Waals surface area contributed by atoms with E-state index < -0.39 is 0 Å². The smallest absolute Gasteiger partial charge is 0.0746 e. The van der Waals surface area contributed by atoms with Crippen LogP contribution >= 0.6 is 0 Å². The normalized spacial score (nSPS) is 16.0. The third-order valence-corrected chi connectivity index (χ3v) is 2.04. The molecule has 0 amide bonds. The van der Waals surface area contributed by atoms with Gasteiger partial charge in [-0.2, -0.15) is 0 Å². The molecule has 1 N–H and O–H groups in total. The molecular weight excluding hydrogens is 154 g/mol. The number of ether oxygens (including phenoxy) is 2. The molecule has 2 atom stereocenters. The zero-order valence-electron chi connectivity index (χ0n) is 8.59. The van der Waals surface area contributed by atoms with Crippen LogP contribution in [0.5, 0.6) is 0 Å². The van der Waals surface area contributed by atoms with Crippen LogP contribution in [-0.2, 0) is 9.47 Å². The van der Waals surface area contributed by atoms with E-state index in [1.54, 1.807) is 14.2 Å². The summed E-state index contributed by atoms with van der Waals surface area (Å²) in [6, 6.07) is 0.306. The van der Waals surface area contributed by atoms with Gasteiger partial charge in [0.2, 0.25) is 0 Å². The van der Waals surface area contributed by atoms with E-state index in [1.165, 1.54) is 0 Å².